The van der Waals surface area contributed by atoms with Crippen LogP contribution in [0.1, 0.15) is 11.1 Å². The summed E-state index contributed by atoms with van der Waals surface area (Å²) in [6.07, 6.45) is 0. The summed E-state index contributed by atoms with van der Waals surface area (Å²) in [5.41, 5.74) is 1.69. The van der Waals surface area contributed by atoms with Gasteiger partial charge in [0, 0.05) is 12.3 Å². The first-order chi connectivity index (χ1) is 12.7. The van der Waals surface area contributed by atoms with Crippen molar-refractivity contribution in [2.75, 3.05) is 18.3 Å². The van der Waals surface area contributed by atoms with Gasteiger partial charge >= 0.3 is 5.56 Å². The van der Waals surface area contributed by atoms with E-state index >= 15 is 0 Å². The fourth-order valence-electron chi connectivity index (χ4n) is 2.25. The molecule has 134 valence electrons. The van der Waals surface area contributed by atoms with E-state index in [1.807, 2.05) is 54.6 Å². The molecule has 3 rings (SSSR count). The first-order valence-electron chi connectivity index (χ1n) is 7.95. The molecule has 0 bridgehead atoms. The molecule has 0 saturated carbocycles. The highest BCUT2D eigenvalue weighted by Crippen LogP contribution is 2.20. The van der Waals surface area contributed by atoms with Gasteiger partial charge in [-0.1, -0.05) is 54.2 Å². The normalized spacial score (nSPS) is 10.5. The molecule has 7 nitrogen and oxygen atoms in total. The molecule has 0 atom stereocenters. The molecule has 0 fully saturated rings. The molecule has 3 aromatic rings. The minimum absolute atomic E-state index is 0.130. The highest BCUT2D eigenvalue weighted by molar-refractivity contribution is 7.98. The third-order valence-corrected chi connectivity index (χ3v) is 4.71. The average molecular weight is 369 g/mol. The number of nitrogens with zero attached hydrogens (tertiary/aromatic N) is 3. The van der Waals surface area contributed by atoms with Crippen molar-refractivity contribution in [2.24, 2.45) is 0 Å². The Morgan fingerprint density at radius 3 is 2.50 bits per heavy atom. The van der Waals surface area contributed by atoms with Gasteiger partial charge in [-0.3, -0.25) is 4.79 Å². The third-order valence-electron chi connectivity index (χ3n) is 3.69. The lowest BCUT2D eigenvalue weighted by molar-refractivity contribution is 0.414. The number of nitrogens with two attached hydrogens (primary N) is 1. The van der Waals surface area contributed by atoms with Crippen LogP contribution >= 0.6 is 11.8 Å². The largest absolute Gasteiger partial charge is 0.497 e. The molecule has 0 aliphatic rings. The zero-order chi connectivity index (χ0) is 18.4. The van der Waals surface area contributed by atoms with Crippen molar-refractivity contribution >= 4 is 17.6 Å². The Bertz CT molecular complexity index is 913. The second-order valence-corrected chi connectivity index (χ2v) is 6.42. The van der Waals surface area contributed by atoms with Crippen LogP contribution in [0.3, 0.4) is 0 Å². The van der Waals surface area contributed by atoms with Crippen molar-refractivity contribution in [1.82, 2.24) is 14.9 Å². The summed E-state index contributed by atoms with van der Waals surface area (Å²) in [5, 5.41) is 11.4. The minimum Gasteiger partial charge on any atom is -0.497 e. The molecule has 8 heteroatoms. The zero-order valence-corrected chi connectivity index (χ0v) is 15.1. The van der Waals surface area contributed by atoms with E-state index in [-0.39, 0.29) is 5.82 Å². The van der Waals surface area contributed by atoms with E-state index in [0.29, 0.717) is 17.5 Å². The van der Waals surface area contributed by atoms with E-state index < -0.39 is 5.56 Å². The predicted molar refractivity (Wildman–Crippen MR) is 103 cm³/mol. The smallest absolute Gasteiger partial charge is 0.315 e. The maximum Gasteiger partial charge on any atom is 0.315 e. The number of aromatic nitrogens is 3. The predicted octanol–water partition coefficient (Wildman–Crippen LogP) is 2.27. The van der Waals surface area contributed by atoms with E-state index in [9.17, 15) is 4.79 Å². The van der Waals surface area contributed by atoms with Crippen LogP contribution in [0, 0.1) is 0 Å². The van der Waals surface area contributed by atoms with Crippen molar-refractivity contribution < 1.29 is 4.74 Å². The number of hydrogen-bond donors (Lipinski definition) is 2. The molecular formula is C18H19N5O2S. The van der Waals surface area contributed by atoms with Crippen molar-refractivity contribution in [2.45, 2.75) is 17.5 Å². The fraction of sp³-hybridized carbons (Fsp3) is 0.167. The van der Waals surface area contributed by atoms with Gasteiger partial charge in [-0.05, 0) is 23.3 Å². The quantitative estimate of drug-likeness (QED) is 0.487. The third kappa shape index (κ3) is 4.34. The molecule has 3 N–H and O–H groups in total. The molecule has 0 amide bonds. The molecule has 0 aliphatic carbocycles. The van der Waals surface area contributed by atoms with Gasteiger partial charge in [-0.25, -0.2) is 0 Å². The van der Waals surface area contributed by atoms with Crippen LogP contribution in [0.5, 0.6) is 5.75 Å². The second kappa shape index (κ2) is 8.39. The van der Waals surface area contributed by atoms with E-state index in [1.165, 1.54) is 11.8 Å². The van der Waals surface area contributed by atoms with Gasteiger partial charge in [-0.2, -0.15) is 4.68 Å². The summed E-state index contributed by atoms with van der Waals surface area (Å²) in [6, 6.07) is 17.4. The maximum absolute atomic E-state index is 12.3. The fourth-order valence-corrected chi connectivity index (χ4v) is 3.05. The van der Waals surface area contributed by atoms with E-state index in [4.69, 9.17) is 10.6 Å². The van der Waals surface area contributed by atoms with Gasteiger partial charge in [0.15, 0.2) is 0 Å². The number of hydrogen-bond acceptors (Lipinski definition) is 7. The van der Waals surface area contributed by atoms with Crippen LogP contribution in [0.2, 0.25) is 0 Å². The summed E-state index contributed by atoms with van der Waals surface area (Å²) in [7, 11) is 1.62. The molecule has 1 aromatic heterocycles. The monoisotopic (exact) mass is 369 g/mol. The van der Waals surface area contributed by atoms with Gasteiger partial charge in [0.1, 0.15) is 5.75 Å². The lowest BCUT2D eigenvalue weighted by Gasteiger charge is -2.09. The highest BCUT2D eigenvalue weighted by atomic mass is 32.2. The van der Waals surface area contributed by atoms with Crippen LogP contribution in [0.4, 0.5) is 5.82 Å². The van der Waals surface area contributed by atoms with Crippen LogP contribution in [-0.4, -0.2) is 22.0 Å². The van der Waals surface area contributed by atoms with E-state index in [1.54, 1.807) is 7.11 Å². The average Bonchev–Trinajstić information content (AvgIpc) is 2.69. The van der Waals surface area contributed by atoms with Crippen molar-refractivity contribution in [3.63, 3.8) is 0 Å². The van der Waals surface area contributed by atoms with E-state index in [2.05, 4.69) is 15.5 Å². The number of nitrogen functional groups attached to an aromatic ring is 1. The minimum atomic E-state index is -0.409. The first-order valence-corrected chi connectivity index (χ1v) is 8.94. The van der Waals surface area contributed by atoms with Crippen LogP contribution in [0.15, 0.2) is 64.5 Å². The molecule has 0 saturated heterocycles. The molecule has 0 radical (unpaired) electrons. The van der Waals surface area contributed by atoms with Crippen molar-refractivity contribution in [3.8, 4) is 5.75 Å². The van der Waals surface area contributed by atoms with Gasteiger partial charge < -0.3 is 15.9 Å². The number of nitrogens with one attached hydrogen (secondary N) is 1. The number of methoxy groups -OCH3 is 1. The highest BCUT2D eigenvalue weighted by Gasteiger charge is 2.10. The Hall–Kier alpha value is -3.00. The van der Waals surface area contributed by atoms with Crippen LogP contribution in [0.25, 0.3) is 0 Å². The summed E-state index contributed by atoms with van der Waals surface area (Å²) >= 11 is 1.35. The van der Waals surface area contributed by atoms with Gasteiger partial charge in [-0.15, -0.1) is 10.2 Å². The Morgan fingerprint density at radius 2 is 1.81 bits per heavy atom. The summed E-state index contributed by atoms with van der Waals surface area (Å²) in [5.74, 6) is 7.42. The molecule has 0 spiro atoms. The number of thioether (sulfide) groups is 1. The number of rotatable bonds is 7. The van der Waals surface area contributed by atoms with Gasteiger partial charge in [0.2, 0.25) is 11.0 Å². The molecule has 2 aromatic carbocycles. The molecule has 0 aliphatic heterocycles. The lowest BCUT2D eigenvalue weighted by atomic mass is 10.2. The molecule has 1 heterocycles. The van der Waals surface area contributed by atoms with E-state index in [0.717, 1.165) is 21.6 Å². The SMILES string of the molecule is COc1ccc(CSc2nnc(NCc3ccccc3)c(=O)n2N)cc1. The van der Waals surface area contributed by atoms with Crippen LogP contribution < -0.4 is 21.5 Å². The summed E-state index contributed by atoms with van der Waals surface area (Å²) in [4.78, 5) is 12.3. The Kier molecular flexibility index (Phi) is 5.75. The lowest BCUT2D eigenvalue weighted by Crippen LogP contribution is -2.32. The number of benzene rings is 2. The Balaban J connectivity index is 1.65. The van der Waals surface area contributed by atoms with Crippen molar-refractivity contribution in [3.05, 3.63) is 76.1 Å². The standard InChI is InChI=1S/C18H19N5O2S/c1-25-15-9-7-14(8-10-15)12-26-18-22-21-16(17(24)23(18)19)20-11-13-5-3-2-4-6-13/h2-10H,11-12,19H2,1H3,(H,20,21). The molecular weight excluding hydrogens is 350 g/mol. The molecule has 0 unspecified atom stereocenters. The summed E-state index contributed by atoms with van der Waals surface area (Å²) in [6.45, 7) is 0.475. The Morgan fingerprint density at radius 1 is 1.08 bits per heavy atom. The Labute approximate surface area is 155 Å². The topological polar surface area (TPSA) is 95.1 Å². The number of anilines is 1. The summed E-state index contributed by atoms with van der Waals surface area (Å²) < 4.78 is 6.16. The zero-order valence-electron chi connectivity index (χ0n) is 14.3. The molecule has 26 heavy (non-hydrogen) atoms. The van der Waals surface area contributed by atoms with Crippen molar-refractivity contribution in [1.29, 1.82) is 0 Å². The first kappa shape index (κ1) is 17.8. The van der Waals surface area contributed by atoms with Gasteiger partial charge in [0.05, 0.1) is 7.11 Å². The van der Waals surface area contributed by atoms with Crippen LogP contribution in [-0.2, 0) is 12.3 Å². The number of ether oxygens (including phenoxy) is 1. The maximum atomic E-state index is 12.3. The second-order valence-electron chi connectivity index (χ2n) is 5.48. The van der Waals surface area contributed by atoms with Gasteiger partial charge in [0.25, 0.3) is 0 Å².